The van der Waals surface area contributed by atoms with Gasteiger partial charge in [0.15, 0.2) is 0 Å². The van der Waals surface area contributed by atoms with Gasteiger partial charge in [0.25, 0.3) is 11.9 Å². The highest BCUT2D eigenvalue weighted by molar-refractivity contribution is 6.34. The molecule has 1 aromatic heterocycles. The zero-order chi connectivity index (χ0) is 13.1. The van der Waals surface area contributed by atoms with Crippen LogP contribution in [0.4, 0.5) is 5.95 Å². The summed E-state index contributed by atoms with van der Waals surface area (Å²) in [4.78, 5) is 13.3. The molecule has 0 saturated heterocycles. The SMILES string of the molecule is CCn1nnc(NC(=O)c2ccc(C)cc2Cl)n1. The van der Waals surface area contributed by atoms with Gasteiger partial charge in [0.05, 0.1) is 17.1 Å². The molecule has 2 aromatic rings. The maximum absolute atomic E-state index is 11.9. The Bertz CT molecular complexity index is 581. The highest BCUT2D eigenvalue weighted by Gasteiger charge is 2.12. The average molecular weight is 266 g/mol. The van der Waals surface area contributed by atoms with Gasteiger partial charge >= 0.3 is 0 Å². The van der Waals surface area contributed by atoms with E-state index >= 15 is 0 Å². The van der Waals surface area contributed by atoms with E-state index in [0.717, 1.165) is 5.56 Å². The standard InChI is InChI=1S/C11H12ClN5O/c1-3-17-15-11(14-16-17)13-10(18)8-5-4-7(2)6-9(8)12/h4-6H,3H2,1-2H3,(H,13,15,18). The van der Waals surface area contributed by atoms with Crippen LogP contribution in [-0.2, 0) is 6.54 Å². The number of carbonyl (C=O) groups excluding carboxylic acids is 1. The number of hydrogen-bond donors (Lipinski definition) is 1. The van der Waals surface area contributed by atoms with E-state index in [9.17, 15) is 4.79 Å². The molecule has 0 aliphatic carbocycles. The van der Waals surface area contributed by atoms with E-state index in [0.29, 0.717) is 17.1 Å². The molecule has 0 saturated carbocycles. The number of carbonyl (C=O) groups is 1. The molecule has 0 aliphatic heterocycles. The first-order chi connectivity index (χ1) is 8.60. The third-order valence-corrected chi connectivity index (χ3v) is 2.64. The van der Waals surface area contributed by atoms with Crippen molar-refractivity contribution in [3.63, 3.8) is 0 Å². The number of hydrogen-bond acceptors (Lipinski definition) is 4. The predicted molar refractivity (Wildman–Crippen MR) is 67.6 cm³/mol. The smallest absolute Gasteiger partial charge is 0.270 e. The monoisotopic (exact) mass is 265 g/mol. The molecule has 94 valence electrons. The highest BCUT2D eigenvalue weighted by Crippen LogP contribution is 2.18. The van der Waals surface area contributed by atoms with Crippen molar-refractivity contribution in [1.82, 2.24) is 20.2 Å². The molecule has 0 aliphatic rings. The second kappa shape index (κ2) is 5.14. The Balaban J connectivity index is 2.16. The lowest BCUT2D eigenvalue weighted by Crippen LogP contribution is -2.14. The van der Waals surface area contributed by atoms with Crippen LogP contribution in [0.1, 0.15) is 22.8 Å². The van der Waals surface area contributed by atoms with Crippen molar-refractivity contribution in [3.05, 3.63) is 34.3 Å². The fraction of sp³-hybridized carbons (Fsp3) is 0.273. The van der Waals surface area contributed by atoms with Gasteiger partial charge in [-0.05, 0) is 36.8 Å². The van der Waals surface area contributed by atoms with E-state index in [-0.39, 0.29) is 11.9 Å². The Hall–Kier alpha value is -1.95. The zero-order valence-electron chi connectivity index (χ0n) is 10.0. The van der Waals surface area contributed by atoms with Crippen LogP contribution in [0, 0.1) is 6.92 Å². The van der Waals surface area contributed by atoms with E-state index in [1.54, 1.807) is 12.1 Å². The maximum Gasteiger partial charge on any atom is 0.270 e. The number of nitrogens with one attached hydrogen (secondary N) is 1. The maximum atomic E-state index is 11.9. The molecule has 0 fully saturated rings. The number of aromatic nitrogens is 4. The summed E-state index contributed by atoms with van der Waals surface area (Å²) in [6.45, 7) is 4.38. The van der Waals surface area contributed by atoms with E-state index in [1.165, 1.54) is 4.80 Å². The second-order valence-electron chi connectivity index (χ2n) is 3.74. The van der Waals surface area contributed by atoms with E-state index in [2.05, 4.69) is 20.7 Å². The first-order valence-electron chi connectivity index (χ1n) is 5.45. The summed E-state index contributed by atoms with van der Waals surface area (Å²) in [5, 5.41) is 14.4. The molecule has 18 heavy (non-hydrogen) atoms. The van der Waals surface area contributed by atoms with E-state index < -0.39 is 0 Å². The molecule has 0 spiro atoms. The van der Waals surface area contributed by atoms with Gasteiger partial charge in [-0.1, -0.05) is 22.8 Å². The molecule has 1 N–H and O–H groups in total. The van der Waals surface area contributed by atoms with Crippen LogP contribution >= 0.6 is 11.6 Å². The van der Waals surface area contributed by atoms with Gasteiger partial charge in [0, 0.05) is 0 Å². The van der Waals surface area contributed by atoms with Crippen molar-refractivity contribution in [2.45, 2.75) is 20.4 Å². The summed E-state index contributed by atoms with van der Waals surface area (Å²) >= 11 is 6.00. The fourth-order valence-corrected chi connectivity index (χ4v) is 1.72. The Morgan fingerprint density at radius 2 is 2.28 bits per heavy atom. The molecular weight excluding hydrogens is 254 g/mol. The van der Waals surface area contributed by atoms with Crippen molar-refractivity contribution >= 4 is 23.5 Å². The number of anilines is 1. The quantitative estimate of drug-likeness (QED) is 0.920. The number of halogens is 1. The van der Waals surface area contributed by atoms with Crippen molar-refractivity contribution in [2.24, 2.45) is 0 Å². The molecule has 0 atom stereocenters. The minimum absolute atomic E-state index is 0.165. The second-order valence-corrected chi connectivity index (χ2v) is 4.15. The van der Waals surface area contributed by atoms with Crippen molar-refractivity contribution < 1.29 is 4.79 Å². The molecule has 0 unspecified atom stereocenters. The zero-order valence-corrected chi connectivity index (χ0v) is 10.8. The van der Waals surface area contributed by atoms with Crippen LogP contribution in [-0.4, -0.2) is 26.1 Å². The van der Waals surface area contributed by atoms with Gasteiger partial charge in [-0.25, -0.2) is 0 Å². The minimum Gasteiger partial charge on any atom is -0.288 e. The summed E-state index contributed by atoms with van der Waals surface area (Å²) in [5.41, 5.74) is 1.38. The number of benzene rings is 1. The van der Waals surface area contributed by atoms with Gasteiger partial charge in [0.1, 0.15) is 0 Å². The largest absolute Gasteiger partial charge is 0.288 e. The molecule has 0 radical (unpaired) electrons. The lowest BCUT2D eigenvalue weighted by Gasteiger charge is -2.03. The van der Waals surface area contributed by atoms with Gasteiger partial charge in [-0.3, -0.25) is 10.1 Å². The number of amides is 1. The Kier molecular flexibility index (Phi) is 3.57. The molecular formula is C11H12ClN5O. The third kappa shape index (κ3) is 2.65. The summed E-state index contributed by atoms with van der Waals surface area (Å²) < 4.78 is 0. The number of aryl methyl sites for hydroxylation is 2. The van der Waals surface area contributed by atoms with E-state index in [4.69, 9.17) is 11.6 Å². The van der Waals surface area contributed by atoms with Crippen molar-refractivity contribution in [2.75, 3.05) is 5.32 Å². The lowest BCUT2D eigenvalue weighted by molar-refractivity contribution is 0.102. The average Bonchev–Trinajstić information content (AvgIpc) is 2.76. The Morgan fingerprint density at radius 3 is 2.89 bits per heavy atom. The van der Waals surface area contributed by atoms with Gasteiger partial charge in [0.2, 0.25) is 0 Å². The van der Waals surface area contributed by atoms with Crippen LogP contribution < -0.4 is 5.32 Å². The van der Waals surface area contributed by atoms with Gasteiger partial charge in [-0.15, -0.1) is 5.10 Å². The number of nitrogens with zero attached hydrogens (tertiary/aromatic N) is 4. The molecule has 2 rings (SSSR count). The predicted octanol–water partition coefficient (Wildman–Crippen LogP) is 1.91. The molecule has 1 aromatic carbocycles. The van der Waals surface area contributed by atoms with Crippen LogP contribution in [0.3, 0.4) is 0 Å². The number of rotatable bonds is 3. The molecule has 7 heteroatoms. The molecule has 6 nitrogen and oxygen atoms in total. The lowest BCUT2D eigenvalue weighted by atomic mass is 10.1. The molecule has 0 bridgehead atoms. The first-order valence-corrected chi connectivity index (χ1v) is 5.83. The molecule has 1 heterocycles. The fourth-order valence-electron chi connectivity index (χ4n) is 1.40. The summed E-state index contributed by atoms with van der Waals surface area (Å²) in [5.74, 6) is -0.186. The van der Waals surface area contributed by atoms with Crippen LogP contribution in [0.15, 0.2) is 18.2 Å². The first kappa shape index (κ1) is 12.5. The Labute approximate surface area is 109 Å². The van der Waals surface area contributed by atoms with Crippen LogP contribution in [0.5, 0.6) is 0 Å². The summed E-state index contributed by atoms with van der Waals surface area (Å²) in [6, 6.07) is 5.21. The number of tetrazole rings is 1. The highest BCUT2D eigenvalue weighted by atomic mass is 35.5. The summed E-state index contributed by atoms with van der Waals surface area (Å²) in [6.07, 6.45) is 0. The molecule has 1 amide bonds. The van der Waals surface area contributed by atoms with Crippen molar-refractivity contribution in [1.29, 1.82) is 0 Å². The minimum atomic E-state index is -0.351. The van der Waals surface area contributed by atoms with E-state index in [1.807, 2.05) is 19.9 Å². The van der Waals surface area contributed by atoms with Crippen LogP contribution in [0.25, 0.3) is 0 Å². The third-order valence-electron chi connectivity index (χ3n) is 2.33. The topological polar surface area (TPSA) is 72.7 Å². The normalized spacial score (nSPS) is 10.4. The van der Waals surface area contributed by atoms with Crippen LogP contribution in [0.2, 0.25) is 5.02 Å². The van der Waals surface area contributed by atoms with Gasteiger partial charge in [-0.2, -0.15) is 4.80 Å². The Morgan fingerprint density at radius 1 is 1.50 bits per heavy atom. The van der Waals surface area contributed by atoms with Gasteiger partial charge < -0.3 is 0 Å². The van der Waals surface area contributed by atoms with Crippen molar-refractivity contribution in [3.8, 4) is 0 Å². The summed E-state index contributed by atoms with van der Waals surface area (Å²) in [7, 11) is 0.